The van der Waals surface area contributed by atoms with E-state index in [9.17, 15) is 9.59 Å². The van der Waals surface area contributed by atoms with Crippen molar-refractivity contribution < 1.29 is 19.1 Å². The largest absolute Gasteiger partial charge is 0.463 e. The Hall–Kier alpha value is -0.590. The van der Waals surface area contributed by atoms with E-state index >= 15 is 0 Å². The second-order valence-corrected chi connectivity index (χ2v) is 3.96. The zero-order valence-corrected chi connectivity index (χ0v) is 11.1. The number of carbonyl (C=O) groups excluding carboxylic acids is 2. The van der Waals surface area contributed by atoms with Crippen LogP contribution in [-0.4, -0.2) is 25.2 Å². The molecule has 0 aromatic rings. The Kier molecular flexibility index (Phi) is 8.35. The Bertz CT molecular complexity index is 248. The molecule has 0 aliphatic carbocycles. The lowest BCUT2D eigenvalue weighted by molar-refractivity contribution is -0.140. The zero-order chi connectivity index (χ0) is 11.7. The molecule has 0 fully saturated rings. The minimum absolute atomic E-state index is 0.238. The summed E-state index contributed by atoms with van der Waals surface area (Å²) >= 11 is 1.76. The van der Waals surface area contributed by atoms with Gasteiger partial charge in [0.15, 0.2) is 0 Å². The van der Waals surface area contributed by atoms with Crippen molar-refractivity contribution in [3.63, 3.8) is 0 Å². The SMILES string of the molecule is CCCOC(=O)/C=C(/I)C(=O)OCCC. The number of ether oxygens (including phenoxy) is 2. The summed E-state index contributed by atoms with van der Waals surface area (Å²) in [5.74, 6) is -0.986. The van der Waals surface area contributed by atoms with E-state index in [0.717, 1.165) is 18.9 Å². The van der Waals surface area contributed by atoms with Crippen LogP contribution in [0.25, 0.3) is 0 Å². The predicted octanol–water partition coefficient (Wildman–Crippen LogP) is 2.21. The van der Waals surface area contributed by atoms with Crippen molar-refractivity contribution in [1.29, 1.82) is 0 Å². The highest BCUT2D eigenvalue weighted by atomic mass is 127. The maximum atomic E-state index is 11.2. The van der Waals surface area contributed by atoms with E-state index in [-0.39, 0.29) is 3.58 Å². The van der Waals surface area contributed by atoms with Crippen LogP contribution in [-0.2, 0) is 19.1 Å². The maximum absolute atomic E-state index is 11.2. The summed E-state index contributed by atoms with van der Waals surface area (Å²) in [5, 5.41) is 0. The zero-order valence-electron chi connectivity index (χ0n) is 8.92. The van der Waals surface area contributed by atoms with Crippen LogP contribution in [0.15, 0.2) is 9.66 Å². The average Bonchev–Trinajstić information content (AvgIpc) is 2.22. The second kappa shape index (κ2) is 8.70. The van der Waals surface area contributed by atoms with Crippen LogP contribution in [0.2, 0.25) is 0 Å². The molecule has 5 heteroatoms. The van der Waals surface area contributed by atoms with Crippen LogP contribution in [0.3, 0.4) is 0 Å². The number of carbonyl (C=O) groups is 2. The normalized spacial score (nSPS) is 11.0. The van der Waals surface area contributed by atoms with Crippen LogP contribution < -0.4 is 0 Å². The minimum Gasteiger partial charge on any atom is -0.463 e. The van der Waals surface area contributed by atoms with Gasteiger partial charge in [0.05, 0.1) is 13.2 Å². The summed E-state index contributed by atoms with van der Waals surface area (Å²) in [7, 11) is 0. The molecule has 0 aliphatic rings. The average molecular weight is 326 g/mol. The number of rotatable bonds is 6. The third-order valence-electron chi connectivity index (χ3n) is 1.33. The number of halogens is 1. The lowest BCUT2D eigenvalue weighted by Gasteiger charge is -2.02. The summed E-state index contributed by atoms with van der Waals surface area (Å²) in [6.45, 7) is 4.53. The van der Waals surface area contributed by atoms with Crippen molar-refractivity contribution in [3.8, 4) is 0 Å². The Labute approximate surface area is 103 Å². The first-order chi connectivity index (χ1) is 7.11. The molecule has 0 atom stereocenters. The Morgan fingerprint density at radius 1 is 1.13 bits per heavy atom. The van der Waals surface area contributed by atoms with Crippen LogP contribution in [0.1, 0.15) is 26.7 Å². The van der Waals surface area contributed by atoms with Gasteiger partial charge in [0, 0.05) is 6.08 Å². The van der Waals surface area contributed by atoms with Crippen molar-refractivity contribution in [3.05, 3.63) is 9.66 Å². The van der Waals surface area contributed by atoms with Crippen LogP contribution >= 0.6 is 22.6 Å². The van der Waals surface area contributed by atoms with Crippen molar-refractivity contribution in [1.82, 2.24) is 0 Å². The van der Waals surface area contributed by atoms with Crippen molar-refractivity contribution in [2.45, 2.75) is 26.7 Å². The molecule has 86 valence electrons. The molecule has 15 heavy (non-hydrogen) atoms. The van der Waals surface area contributed by atoms with Gasteiger partial charge in [-0.05, 0) is 35.4 Å². The molecule has 0 N–H and O–H groups in total. The van der Waals surface area contributed by atoms with Gasteiger partial charge >= 0.3 is 11.9 Å². The number of esters is 2. The smallest absolute Gasteiger partial charge is 0.344 e. The lowest BCUT2D eigenvalue weighted by atomic mass is 10.5. The summed E-state index contributed by atoms with van der Waals surface area (Å²) in [4.78, 5) is 22.3. The van der Waals surface area contributed by atoms with E-state index < -0.39 is 11.9 Å². The standard InChI is InChI=1S/C10H15IO4/c1-3-5-14-9(12)7-8(11)10(13)15-6-4-2/h7H,3-6H2,1-2H3/b8-7+. The fraction of sp³-hybridized carbons (Fsp3) is 0.600. The molecule has 0 aromatic carbocycles. The van der Waals surface area contributed by atoms with Crippen LogP contribution in [0, 0.1) is 0 Å². The lowest BCUT2D eigenvalue weighted by Crippen LogP contribution is -2.08. The van der Waals surface area contributed by atoms with Gasteiger partial charge in [-0.15, -0.1) is 0 Å². The number of hydrogen-bond acceptors (Lipinski definition) is 4. The van der Waals surface area contributed by atoms with E-state index in [1.165, 1.54) is 0 Å². The van der Waals surface area contributed by atoms with Gasteiger partial charge in [-0.3, -0.25) is 0 Å². The Morgan fingerprint density at radius 2 is 1.67 bits per heavy atom. The first-order valence-electron chi connectivity index (χ1n) is 4.82. The topological polar surface area (TPSA) is 52.6 Å². The van der Waals surface area contributed by atoms with E-state index in [1.807, 2.05) is 13.8 Å². The molecule has 0 aromatic heterocycles. The predicted molar refractivity (Wildman–Crippen MR) is 64.6 cm³/mol. The van der Waals surface area contributed by atoms with Crippen LogP contribution in [0.5, 0.6) is 0 Å². The molecule has 0 aliphatic heterocycles. The van der Waals surface area contributed by atoms with Crippen molar-refractivity contribution >= 4 is 34.5 Å². The van der Waals surface area contributed by atoms with Gasteiger partial charge in [0.2, 0.25) is 0 Å². The van der Waals surface area contributed by atoms with Crippen LogP contribution in [0.4, 0.5) is 0 Å². The molecule has 0 amide bonds. The van der Waals surface area contributed by atoms with Crippen molar-refractivity contribution in [2.24, 2.45) is 0 Å². The summed E-state index contributed by atoms with van der Waals surface area (Å²) in [6, 6.07) is 0. The fourth-order valence-electron chi connectivity index (χ4n) is 0.670. The first kappa shape index (κ1) is 14.4. The van der Waals surface area contributed by atoms with Gasteiger partial charge < -0.3 is 9.47 Å². The molecule has 0 saturated carbocycles. The third-order valence-corrected chi connectivity index (χ3v) is 2.08. The third kappa shape index (κ3) is 7.35. The Morgan fingerprint density at radius 3 is 2.20 bits per heavy atom. The second-order valence-electron chi connectivity index (χ2n) is 2.80. The highest BCUT2D eigenvalue weighted by Crippen LogP contribution is 2.08. The minimum atomic E-state index is -0.505. The van der Waals surface area contributed by atoms with E-state index in [0.29, 0.717) is 13.2 Å². The summed E-state index contributed by atoms with van der Waals surface area (Å²) in [6.07, 6.45) is 2.67. The molecule has 0 heterocycles. The monoisotopic (exact) mass is 326 g/mol. The molecule has 0 radical (unpaired) electrons. The molecule has 4 nitrogen and oxygen atoms in total. The maximum Gasteiger partial charge on any atom is 0.344 e. The molecule has 0 rings (SSSR count). The van der Waals surface area contributed by atoms with Gasteiger partial charge in [-0.25, -0.2) is 9.59 Å². The van der Waals surface area contributed by atoms with Gasteiger partial charge in [0.1, 0.15) is 3.58 Å². The quantitative estimate of drug-likeness (QED) is 0.427. The highest BCUT2D eigenvalue weighted by Gasteiger charge is 2.09. The molecular weight excluding hydrogens is 311 g/mol. The molecule has 0 bridgehead atoms. The van der Waals surface area contributed by atoms with Crippen molar-refractivity contribution in [2.75, 3.05) is 13.2 Å². The van der Waals surface area contributed by atoms with E-state index in [1.54, 1.807) is 22.6 Å². The van der Waals surface area contributed by atoms with E-state index in [2.05, 4.69) is 0 Å². The van der Waals surface area contributed by atoms with E-state index in [4.69, 9.17) is 9.47 Å². The summed E-state index contributed by atoms with van der Waals surface area (Å²) < 4.78 is 9.86. The first-order valence-corrected chi connectivity index (χ1v) is 5.90. The molecule has 0 unspecified atom stereocenters. The molecule has 0 spiro atoms. The molecular formula is C10H15IO4. The Balaban J connectivity index is 4.05. The number of hydrogen-bond donors (Lipinski definition) is 0. The van der Waals surface area contributed by atoms with Gasteiger partial charge in [0.25, 0.3) is 0 Å². The fourth-order valence-corrected chi connectivity index (χ4v) is 1.08. The van der Waals surface area contributed by atoms with Gasteiger partial charge in [-0.2, -0.15) is 0 Å². The highest BCUT2D eigenvalue weighted by molar-refractivity contribution is 14.1. The summed E-state index contributed by atoms with van der Waals surface area (Å²) in [5.41, 5.74) is 0. The molecule has 0 saturated heterocycles. The van der Waals surface area contributed by atoms with Gasteiger partial charge in [-0.1, -0.05) is 13.8 Å².